The molecule has 1 saturated heterocycles. The maximum atomic E-state index is 11.5. The largest absolute Gasteiger partial charge is 0.303 e. The van der Waals surface area contributed by atoms with Crippen molar-refractivity contribution in [2.45, 2.75) is 64.5 Å². The molecule has 2 atom stereocenters. The Kier molecular flexibility index (Phi) is 5.46. The van der Waals surface area contributed by atoms with Crippen LogP contribution in [-0.4, -0.2) is 23.9 Å². The maximum Gasteiger partial charge on any atom is 0.243 e. The van der Waals surface area contributed by atoms with Crippen molar-refractivity contribution in [1.82, 2.24) is 10.6 Å². The number of unbranched alkanes of at least 4 members (excludes halogenated alkanes) is 1. The summed E-state index contributed by atoms with van der Waals surface area (Å²) < 4.78 is 0. The zero-order chi connectivity index (χ0) is 12.0. The van der Waals surface area contributed by atoms with Gasteiger partial charge in [-0.25, -0.2) is 0 Å². The number of amides is 2. The first-order valence-corrected chi connectivity index (χ1v) is 6.27. The van der Waals surface area contributed by atoms with Gasteiger partial charge < -0.3 is 5.32 Å². The fourth-order valence-corrected chi connectivity index (χ4v) is 1.99. The van der Waals surface area contributed by atoms with Crippen LogP contribution in [0.2, 0.25) is 0 Å². The Balaban J connectivity index is 2.39. The van der Waals surface area contributed by atoms with Crippen LogP contribution in [0.15, 0.2) is 0 Å². The number of hydrogen-bond donors (Lipinski definition) is 2. The molecule has 2 unspecified atom stereocenters. The first-order valence-electron chi connectivity index (χ1n) is 6.27. The summed E-state index contributed by atoms with van der Waals surface area (Å²) in [6.07, 6.45) is 5.57. The molecular formula is C12H22N2O2. The zero-order valence-electron chi connectivity index (χ0n) is 10.2. The molecule has 0 spiro atoms. The predicted octanol–water partition coefficient (Wildman–Crippen LogP) is 1.35. The monoisotopic (exact) mass is 226 g/mol. The summed E-state index contributed by atoms with van der Waals surface area (Å²) in [6, 6.07) is 0.211. The highest BCUT2D eigenvalue weighted by atomic mass is 16.2. The lowest BCUT2D eigenvalue weighted by molar-refractivity contribution is -0.134. The Morgan fingerprint density at radius 2 is 2.19 bits per heavy atom. The van der Waals surface area contributed by atoms with Gasteiger partial charge in [0.15, 0.2) is 0 Å². The summed E-state index contributed by atoms with van der Waals surface area (Å²) in [5.74, 6) is -0.309. The van der Waals surface area contributed by atoms with Crippen molar-refractivity contribution in [3.8, 4) is 0 Å². The molecule has 0 radical (unpaired) electrons. The van der Waals surface area contributed by atoms with Crippen molar-refractivity contribution < 1.29 is 9.59 Å². The van der Waals surface area contributed by atoms with Gasteiger partial charge in [0, 0.05) is 12.5 Å². The molecule has 0 aromatic rings. The van der Waals surface area contributed by atoms with Crippen LogP contribution in [0.3, 0.4) is 0 Å². The first kappa shape index (κ1) is 13.2. The fourth-order valence-electron chi connectivity index (χ4n) is 1.99. The Hall–Kier alpha value is -0.900. The van der Waals surface area contributed by atoms with E-state index in [1.54, 1.807) is 0 Å². The van der Waals surface area contributed by atoms with E-state index in [0.717, 1.165) is 12.8 Å². The SMILES string of the molecule is CCCCC(CC)NC1CCC(=O)NC1=O. The van der Waals surface area contributed by atoms with Gasteiger partial charge in [0.2, 0.25) is 11.8 Å². The first-order chi connectivity index (χ1) is 7.67. The smallest absolute Gasteiger partial charge is 0.243 e. The lowest BCUT2D eigenvalue weighted by Gasteiger charge is -2.26. The van der Waals surface area contributed by atoms with Gasteiger partial charge >= 0.3 is 0 Å². The minimum atomic E-state index is -0.181. The van der Waals surface area contributed by atoms with Crippen LogP contribution in [-0.2, 0) is 9.59 Å². The number of carbonyl (C=O) groups is 2. The van der Waals surface area contributed by atoms with Gasteiger partial charge in [-0.15, -0.1) is 0 Å². The molecule has 1 aliphatic heterocycles. The van der Waals surface area contributed by atoms with Crippen molar-refractivity contribution >= 4 is 11.8 Å². The van der Waals surface area contributed by atoms with Crippen LogP contribution >= 0.6 is 0 Å². The van der Waals surface area contributed by atoms with Gasteiger partial charge in [-0.3, -0.25) is 14.9 Å². The maximum absolute atomic E-state index is 11.5. The average Bonchev–Trinajstić information content (AvgIpc) is 2.27. The third-order valence-electron chi connectivity index (χ3n) is 3.08. The zero-order valence-corrected chi connectivity index (χ0v) is 10.2. The minimum absolute atomic E-state index is 0.148. The van der Waals surface area contributed by atoms with Crippen molar-refractivity contribution in [3.63, 3.8) is 0 Å². The molecule has 2 amide bonds. The van der Waals surface area contributed by atoms with E-state index in [4.69, 9.17) is 0 Å². The number of rotatable bonds is 6. The molecule has 1 aliphatic rings. The van der Waals surface area contributed by atoms with Crippen LogP contribution in [0.5, 0.6) is 0 Å². The molecule has 0 saturated carbocycles. The molecular weight excluding hydrogens is 204 g/mol. The van der Waals surface area contributed by atoms with Crippen molar-refractivity contribution in [1.29, 1.82) is 0 Å². The molecule has 0 bridgehead atoms. The third-order valence-corrected chi connectivity index (χ3v) is 3.08. The standard InChI is InChI=1S/C12H22N2O2/c1-3-5-6-9(4-2)13-10-7-8-11(15)14-12(10)16/h9-10,13H,3-8H2,1-2H3,(H,14,15,16). The van der Waals surface area contributed by atoms with Crippen molar-refractivity contribution in [2.75, 3.05) is 0 Å². The highest BCUT2D eigenvalue weighted by Gasteiger charge is 2.27. The van der Waals surface area contributed by atoms with Gasteiger partial charge in [0.05, 0.1) is 6.04 Å². The topological polar surface area (TPSA) is 58.2 Å². The number of imide groups is 1. The van der Waals surface area contributed by atoms with Gasteiger partial charge in [-0.1, -0.05) is 26.7 Å². The van der Waals surface area contributed by atoms with E-state index >= 15 is 0 Å². The minimum Gasteiger partial charge on any atom is -0.303 e. The average molecular weight is 226 g/mol. The van der Waals surface area contributed by atoms with Crippen LogP contribution in [0.1, 0.15) is 52.4 Å². The van der Waals surface area contributed by atoms with Crippen LogP contribution in [0.25, 0.3) is 0 Å². The van der Waals surface area contributed by atoms with Gasteiger partial charge in [-0.2, -0.15) is 0 Å². The normalized spacial score (nSPS) is 23.0. The highest BCUT2D eigenvalue weighted by molar-refractivity contribution is 6.00. The van der Waals surface area contributed by atoms with Crippen molar-refractivity contribution in [3.05, 3.63) is 0 Å². The van der Waals surface area contributed by atoms with Crippen LogP contribution in [0, 0.1) is 0 Å². The molecule has 0 aliphatic carbocycles. The molecule has 2 N–H and O–H groups in total. The Morgan fingerprint density at radius 3 is 2.75 bits per heavy atom. The van der Waals surface area contributed by atoms with E-state index < -0.39 is 0 Å². The highest BCUT2D eigenvalue weighted by Crippen LogP contribution is 2.10. The lowest BCUT2D eigenvalue weighted by Crippen LogP contribution is -2.53. The Labute approximate surface area is 97.2 Å². The molecule has 0 aromatic heterocycles. The fraction of sp³-hybridized carbons (Fsp3) is 0.833. The van der Waals surface area contributed by atoms with Gasteiger partial charge in [0.25, 0.3) is 0 Å². The summed E-state index contributed by atoms with van der Waals surface area (Å²) in [4.78, 5) is 22.5. The Bertz CT molecular complexity index is 253. The van der Waals surface area contributed by atoms with E-state index in [1.807, 2.05) is 0 Å². The third kappa shape index (κ3) is 3.93. The summed E-state index contributed by atoms with van der Waals surface area (Å²) in [5, 5.41) is 5.72. The molecule has 1 rings (SSSR count). The number of carbonyl (C=O) groups excluding carboxylic acids is 2. The number of hydrogen-bond acceptors (Lipinski definition) is 3. The van der Waals surface area contributed by atoms with E-state index in [1.165, 1.54) is 12.8 Å². The van der Waals surface area contributed by atoms with Gasteiger partial charge in [-0.05, 0) is 19.3 Å². The summed E-state index contributed by atoms with van der Waals surface area (Å²) >= 11 is 0. The summed E-state index contributed by atoms with van der Waals surface area (Å²) in [6.45, 7) is 4.29. The molecule has 16 heavy (non-hydrogen) atoms. The second-order valence-electron chi connectivity index (χ2n) is 4.42. The second kappa shape index (κ2) is 6.63. The van der Waals surface area contributed by atoms with Gasteiger partial charge in [0.1, 0.15) is 0 Å². The predicted molar refractivity (Wildman–Crippen MR) is 62.9 cm³/mol. The molecule has 4 heteroatoms. The quantitative estimate of drug-likeness (QED) is 0.672. The van der Waals surface area contributed by atoms with E-state index in [0.29, 0.717) is 18.9 Å². The molecule has 4 nitrogen and oxygen atoms in total. The summed E-state index contributed by atoms with van der Waals surface area (Å²) in [5.41, 5.74) is 0. The Morgan fingerprint density at radius 1 is 1.44 bits per heavy atom. The number of piperidine rings is 1. The van der Waals surface area contributed by atoms with Crippen LogP contribution in [0.4, 0.5) is 0 Å². The van der Waals surface area contributed by atoms with Crippen molar-refractivity contribution in [2.24, 2.45) is 0 Å². The van der Waals surface area contributed by atoms with E-state index in [2.05, 4.69) is 24.5 Å². The molecule has 0 aromatic carbocycles. The lowest BCUT2D eigenvalue weighted by atomic mass is 10.0. The van der Waals surface area contributed by atoms with E-state index in [9.17, 15) is 9.59 Å². The van der Waals surface area contributed by atoms with E-state index in [-0.39, 0.29) is 17.9 Å². The number of nitrogens with one attached hydrogen (secondary N) is 2. The molecule has 1 fully saturated rings. The van der Waals surface area contributed by atoms with Crippen LogP contribution < -0.4 is 10.6 Å². The second-order valence-corrected chi connectivity index (χ2v) is 4.42. The summed E-state index contributed by atoms with van der Waals surface area (Å²) in [7, 11) is 0. The molecule has 92 valence electrons. The molecule has 1 heterocycles.